The van der Waals surface area contributed by atoms with Gasteiger partial charge >= 0.3 is 0 Å². The van der Waals surface area contributed by atoms with Crippen LogP contribution in [0.5, 0.6) is 0 Å². The number of benzene rings is 1. The molecule has 0 saturated heterocycles. The predicted octanol–water partition coefficient (Wildman–Crippen LogP) is 1.49. The number of fused-ring (bicyclic) bond motifs is 2. The number of rotatable bonds is 4. The van der Waals surface area contributed by atoms with E-state index in [0.29, 0.717) is 5.82 Å². The molecule has 128 valence electrons. The first-order valence-electron chi connectivity index (χ1n) is 8.45. The van der Waals surface area contributed by atoms with Gasteiger partial charge in [0.2, 0.25) is 5.91 Å². The third kappa shape index (κ3) is 2.93. The normalized spacial score (nSPS) is 14.4. The van der Waals surface area contributed by atoms with E-state index in [1.807, 2.05) is 24.3 Å². The largest absolute Gasteiger partial charge is 0.347 e. The molecule has 1 aromatic carbocycles. The molecule has 1 aliphatic rings. The molecule has 2 N–H and O–H groups in total. The lowest BCUT2D eigenvalue weighted by Crippen LogP contribution is -2.37. The fourth-order valence-electron chi connectivity index (χ4n) is 3.21. The van der Waals surface area contributed by atoms with Crippen LogP contribution in [-0.4, -0.2) is 25.7 Å². The Kier molecular flexibility index (Phi) is 3.83. The molecule has 0 radical (unpaired) electrons. The molecule has 0 unspecified atom stereocenters. The Labute approximate surface area is 144 Å². The molecule has 1 aliphatic carbocycles. The highest BCUT2D eigenvalue weighted by molar-refractivity contribution is 5.80. The van der Waals surface area contributed by atoms with E-state index in [4.69, 9.17) is 0 Å². The number of hydrogen-bond donors (Lipinski definition) is 2. The van der Waals surface area contributed by atoms with Gasteiger partial charge in [0.15, 0.2) is 0 Å². The first kappa shape index (κ1) is 15.6. The monoisotopic (exact) mass is 337 g/mol. The van der Waals surface area contributed by atoms with Crippen molar-refractivity contribution in [3.63, 3.8) is 0 Å². The van der Waals surface area contributed by atoms with Gasteiger partial charge in [-0.05, 0) is 43.9 Å². The van der Waals surface area contributed by atoms with Gasteiger partial charge in [0.1, 0.15) is 11.9 Å². The average Bonchev–Trinajstić information content (AvgIpc) is 3.23. The Balaban J connectivity index is 1.48. The van der Waals surface area contributed by atoms with Crippen LogP contribution >= 0.6 is 0 Å². The maximum Gasteiger partial charge on any atom is 0.267 e. The number of amides is 1. The Morgan fingerprint density at radius 1 is 1.36 bits per heavy atom. The molecule has 0 bridgehead atoms. The lowest BCUT2D eigenvalue weighted by molar-refractivity contribution is -0.124. The molecule has 3 aromatic rings. The van der Waals surface area contributed by atoms with Gasteiger partial charge in [-0.1, -0.05) is 12.1 Å². The minimum Gasteiger partial charge on any atom is -0.347 e. The van der Waals surface area contributed by atoms with Crippen molar-refractivity contribution in [3.05, 3.63) is 57.8 Å². The molecule has 0 fully saturated rings. The lowest BCUT2D eigenvalue weighted by atomic mass is 10.2. The summed E-state index contributed by atoms with van der Waals surface area (Å²) in [5.41, 5.74) is 3.49. The first-order valence-corrected chi connectivity index (χ1v) is 8.45. The van der Waals surface area contributed by atoms with Gasteiger partial charge < -0.3 is 10.3 Å². The number of nitrogens with one attached hydrogen (secondary N) is 2. The highest BCUT2D eigenvalue weighted by atomic mass is 16.2. The van der Waals surface area contributed by atoms with Crippen molar-refractivity contribution in [3.8, 4) is 0 Å². The summed E-state index contributed by atoms with van der Waals surface area (Å²) < 4.78 is 1.28. The van der Waals surface area contributed by atoms with Crippen LogP contribution in [0.1, 0.15) is 36.5 Å². The molecule has 1 atom stereocenters. The Hall–Kier alpha value is -2.96. The third-order valence-corrected chi connectivity index (χ3v) is 4.60. The van der Waals surface area contributed by atoms with Gasteiger partial charge in [-0.15, -0.1) is 0 Å². The van der Waals surface area contributed by atoms with Crippen LogP contribution in [0.15, 0.2) is 35.1 Å². The maximum atomic E-state index is 12.4. The van der Waals surface area contributed by atoms with Crippen LogP contribution in [0.3, 0.4) is 0 Å². The standard InChI is InChI=1S/C18H19N5O2/c1-11(23-17(24)9-12-5-4-8-13(12)22-23)18(25)19-10-16-20-14-6-2-3-7-15(14)21-16/h2-3,6-7,9,11H,4-5,8,10H2,1H3,(H,19,25)(H,20,21)/t11-/m0/s1. The Morgan fingerprint density at radius 2 is 2.20 bits per heavy atom. The molecule has 0 spiro atoms. The van der Waals surface area contributed by atoms with Crippen molar-refractivity contribution in [1.29, 1.82) is 0 Å². The summed E-state index contributed by atoms with van der Waals surface area (Å²) in [6, 6.07) is 8.63. The molecule has 0 aliphatic heterocycles. The van der Waals surface area contributed by atoms with Crippen LogP contribution in [0.25, 0.3) is 11.0 Å². The van der Waals surface area contributed by atoms with Crippen molar-refractivity contribution >= 4 is 16.9 Å². The number of para-hydroxylation sites is 2. The van der Waals surface area contributed by atoms with E-state index in [1.54, 1.807) is 13.0 Å². The van der Waals surface area contributed by atoms with Gasteiger partial charge in [-0.25, -0.2) is 9.67 Å². The van der Waals surface area contributed by atoms with Crippen LogP contribution < -0.4 is 10.9 Å². The molecule has 25 heavy (non-hydrogen) atoms. The quantitative estimate of drug-likeness (QED) is 0.754. The minimum atomic E-state index is -0.664. The summed E-state index contributed by atoms with van der Waals surface area (Å²) in [5.74, 6) is 0.420. The second-order valence-corrected chi connectivity index (χ2v) is 6.35. The zero-order chi connectivity index (χ0) is 17.4. The van der Waals surface area contributed by atoms with Crippen LogP contribution in [0.4, 0.5) is 0 Å². The van der Waals surface area contributed by atoms with E-state index >= 15 is 0 Å². The number of imidazole rings is 1. The summed E-state index contributed by atoms with van der Waals surface area (Å²) in [4.78, 5) is 32.2. The van der Waals surface area contributed by atoms with Crippen LogP contribution in [0, 0.1) is 0 Å². The molecule has 0 saturated carbocycles. The zero-order valence-corrected chi connectivity index (χ0v) is 14.0. The van der Waals surface area contributed by atoms with Crippen molar-refractivity contribution in [2.45, 2.75) is 38.8 Å². The summed E-state index contributed by atoms with van der Waals surface area (Å²) in [6.07, 6.45) is 2.77. The number of aromatic amines is 1. The molecule has 4 rings (SSSR count). The molecular weight excluding hydrogens is 318 g/mol. The highest BCUT2D eigenvalue weighted by Gasteiger charge is 2.21. The van der Waals surface area contributed by atoms with Crippen LogP contribution in [-0.2, 0) is 24.2 Å². The summed E-state index contributed by atoms with van der Waals surface area (Å²) in [5, 5.41) is 7.20. The second-order valence-electron chi connectivity index (χ2n) is 6.35. The van der Waals surface area contributed by atoms with Crippen molar-refractivity contribution in [2.24, 2.45) is 0 Å². The Morgan fingerprint density at radius 3 is 3.04 bits per heavy atom. The van der Waals surface area contributed by atoms with E-state index in [1.165, 1.54) is 4.68 Å². The first-order chi connectivity index (χ1) is 12.1. The topological polar surface area (TPSA) is 92.7 Å². The number of nitrogens with zero attached hydrogens (tertiary/aromatic N) is 3. The van der Waals surface area contributed by atoms with E-state index in [2.05, 4.69) is 20.4 Å². The lowest BCUT2D eigenvalue weighted by Gasteiger charge is -2.14. The smallest absolute Gasteiger partial charge is 0.267 e. The number of hydrogen-bond acceptors (Lipinski definition) is 4. The van der Waals surface area contributed by atoms with Gasteiger partial charge in [0.05, 0.1) is 23.3 Å². The summed E-state index contributed by atoms with van der Waals surface area (Å²) in [7, 11) is 0. The van der Waals surface area contributed by atoms with Gasteiger partial charge in [0, 0.05) is 6.07 Å². The predicted molar refractivity (Wildman–Crippen MR) is 93.2 cm³/mol. The van der Waals surface area contributed by atoms with E-state index in [0.717, 1.165) is 41.6 Å². The Bertz CT molecular complexity index is 971. The SMILES string of the molecule is C[C@@H](C(=O)NCc1nc2ccccc2[nH]1)n1nc2c(cc1=O)CCC2. The van der Waals surface area contributed by atoms with Gasteiger partial charge in [0.25, 0.3) is 5.56 Å². The fraction of sp³-hybridized carbons (Fsp3) is 0.333. The summed E-state index contributed by atoms with van der Waals surface area (Å²) in [6.45, 7) is 1.96. The van der Waals surface area contributed by atoms with E-state index in [-0.39, 0.29) is 18.0 Å². The second kappa shape index (κ2) is 6.16. The minimum absolute atomic E-state index is 0.230. The number of H-pyrrole nitrogens is 1. The molecule has 2 heterocycles. The number of carbonyl (C=O) groups excluding carboxylic acids is 1. The van der Waals surface area contributed by atoms with E-state index in [9.17, 15) is 9.59 Å². The third-order valence-electron chi connectivity index (χ3n) is 4.60. The van der Waals surface area contributed by atoms with E-state index < -0.39 is 6.04 Å². The number of carbonyl (C=O) groups is 1. The van der Waals surface area contributed by atoms with Crippen LogP contribution in [0.2, 0.25) is 0 Å². The van der Waals surface area contributed by atoms with Gasteiger partial charge in [-0.3, -0.25) is 9.59 Å². The molecule has 1 amide bonds. The van der Waals surface area contributed by atoms with Crippen molar-refractivity contribution in [1.82, 2.24) is 25.1 Å². The molecule has 7 nitrogen and oxygen atoms in total. The highest BCUT2D eigenvalue weighted by Crippen LogP contribution is 2.18. The molecule has 2 aromatic heterocycles. The maximum absolute atomic E-state index is 12.4. The van der Waals surface area contributed by atoms with Crippen molar-refractivity contribution in [2.75, 3.05) is 0 Å². The van der Waals surface area contributed by atoms with Crippen molar-refractivity contribution < 1.29 is 4.79 Å². The fourth-order valence-corrected chi connectivity index (χ4v) is 3.21. The molecular formula is C18H19N5O2. The molecule has 7 heteroatoms. The number of aryl methyl sites for hydroxylation is 2. The summed E-state index contributed by atoms with van der Waals surface area (Å²) >= 11 is 0. The van der Waals surface area contributed by atoms with Gasteiger partial charge in [-0.2, -0.15) is 5.10 Å². The average molecular weight is 337 g/mol. The zero-order valence-electron chi connectivity index (χ0n) is 14.0. The number of aromatic nitrogens is 4.